The van der Waals surface area contributed by atoms with E-state index in [0.717, 1.165) is 91.2 Å². The average Bonchev–Trinajstić information content (AvgIpc) is 3.32. The monoisotopic (exact) mass is 856 g/mol. The number of carbonyl (C=O) groups is 4. The molecule has 3 unspecified atom stereocenters. The number of imide groups is 1. The zero-order valence-corrected chi connectivity index (χ0v) is 36.4. The van der Waals surface area contributed by atoms with Crippen LogP contribution in [0.1, 0.15) is 72.4 Å². The number of nitrogens with zero attached hydrogens (tertiary/aromatic N) is 5. The van der Waals surface area contributed by atoms with Crippen molar-refractivity contribution >= 4 is 35.1 Å². The van der Waals surface area contributed by atoms with Gasteiger partial charge in [0.15, 0.2) is 0 Å². The molecule has 0 saturated carbocycles. The fourth-order valence-corrected chi connectivity index (χ4v) is 9.18. The molecule has 0 spiro atoms. The molecule has 3 fully saturated rings. The number of piperazine rings is 1. The van der Waals surface area contributed by atoms with Crippen LogP contribution in [0.4, 0.5) is 11.5 Å². The van der Waals surface area contributed by atoms with Crippen molar-refractivity contribution in [3.05, 3.63) is 149 Å². The van der Waals surface area contributed by atoms with E-state index in [1.165, 1.54) is 0 Å². The molecule has 0 bridgehead atoms. The van der Waals surface area contributed by atoms with Crippen LogP contribution in [0.3, 0.4) is 0 Å². The van der Waals surface area contributed by atoms with Gasteiger partial charge in [-0.05, 0) is 103 Å². The highest BCUT2D eigenvalue weighted by molar-refractivity contribution is 6.01. The van der Waals surface area contributed by atoms with Crippen molar-refractivity contribution < 1.29 is 19.2 Å². The highest BCUT2D eigenvalue weighted by Gasteiger charge is 2.31. The van der Waals surface area contributed by atoms with Gasteiger partial charge in [-0.3, -0.25) is 29.4 Å². The minimum absolute atomic E-state index is 0.163. The first-order valence-electron chi connectivity index (χ1n) is 22.5. The summed E-state index contributed by atoms with van der Waals surface area (Å²) in [7, 11) is 0. The Balaban J connectivity index is 0.766. The molecule has 4 aromatic carbocycles. The van der Waals surface area contributed by atoms with Gasteiger partial charge in [-0.2, -0.15) is 5.26 Å². The first kappa shape index (κ1) is 43.9. The zero-order chi connectivity index (χ0) is 44.4. The maximum absolute atomic E-state index is 13.5. The number of aromatic nitrogens is 1. The van der Waals surface area contributed by atoms with E-state index in [0.29, 0.717) is 55.6 Å². The largest absolute Gasteiger partial charge is 0.369 e. The molecular weight excluding hydrogens is 801 g/mol. The molecule has 4 amide bonds. The van der Waals surface area contributed by atoms with E-state index in [2.05, 4.69) is 55.9 Å². The Morgan fingerprint density at radius 1 is 0.828 bits per heavy atom. The number of nitrogens with one attached hydrogen (secondary N) is 3. The van der Waals surface area contributed by atoms with Crippen LogP contribution >= 0.6 is 0 Å². The van der Waals surface area contributed by atoms with Crippen LogP contribution in [-0.2, 0) is 32.0 Å². The van der Waals surface area contributed by atoms with Crippen LogP contribution in [0.25, 0.3) is 11.1 Å². The highest BCUT2D eigenvalue weighted by atomic mass is 16.2. The van der Waals surface area contributed by atoms with Crippen LogP contribution in [0.2, 0.25) is 0 Å². The molecule has 1 aromatic heterocycles. The first-order chi connectivity index (χ1) is 31.2. The summed E-state index contributed by atoms with van der Waals surface area (Å²) in [4.78, 5) is 62.5. The number of likely N-dealkylation sites (tertiary alicyclic amines) is 1. The lowest BCUT2D eigenvalue weighted by Crippen LogP contribution is -2.54. The topological polar surface area (TPSA) is 151 Å². The Morgan fingerprint density at radius 3 is 2.22 bits per heavy atom. The smallest absolute Gasteiger partial charge is 0.247 e. The number of benzene rings is 4. The number of rotatable bonds is 14. The predicted molar refractivity (Wildman–Crippen MR) is 248 cm³/mol. The number of piperidine rings is 2. The molecule has 64 heavy (non-hydrogen) atoms. The Morgan fingerprint density at radius 2 is 1.55 bits per heavy atom. The summed E-state index contributed by atoms with van der Waals surface area (Å²) < 4.78 is 0. The van der Waals surface area contributed by atoms with Crippen molar-refractivity contribution in [2.75, 3.05) is 56.0 Å². The first-order valence-corrected chi connectivity index (χ1v) is 22.5. The Bertz CT molecular complexity index is 2430. The molecule has 3 saturated heterocycles. The van der Waals surface area contributed by atoms with Crippen molar-refractivity contribution in [3.8, 4) is 17.2 Å². The number of amides is 4. The number of nitriles is 1. The molecule has 12 heteroatoms. The summed E-state index contributed by atoms with van der Waals surface area (Å²) in [6.07, 6.45) is 5.78. The Kier molecular flexibility index (Phi) is 14.2. The number of hydrogen-bond donors (Lipinski definition) is 3. The Labute approximate surface area is 375 Å². The summed E-state index contributed by atoms with van der Waals surface area (Å²) in [5.74, 6) is 0.320. The summed E-state index contributed by atoms with van der Waals surface area (Å²) in [6, 6.07) is 39.1. The quantitative estimate of drug-likeness (QED) is 0.105. The standard InChI is InChI=1S/C52H56N8O4/c1-36-34-60(45-18-15-42(16-19-45)46-20-22-48(61)57-51(46)63)30-29-59(36)35-40-24-27-58(28-25-40)49(62)31-38-11-13-41(14-12-38)44-17-21-47(55-33-44)56-52(64)50(43-5-3-2-4-6-43)54-26-23-37-7-9-39(32-53)10-8-37/h2-19,21,33,36,40,46,50,54H,20,22-31,34-35H2,1H3,(H,55,56,64)(H,57,61,63). The van der Waals surface area contributed by atoms with Gasteiger partial charge < -0.3 is 20.4 Å². The summed E-state index contributed by atoms with van der Waals surface area (Å²) in [6.45, 7) is 8.34. The maximum Gasteiger partial charge on any atom is 0.247 e. The number of anilines is 2. The second kappa shape index (κ2) is 20.7. The highest BCUT2D eigenvalue weighted by Crippen LogP contribution is 2.29. The molecule has 12 nitrogen and oxygen atoms in total. The SMILES string of the molecule is CC1CN(c2ccc(C3CCC(=O)NC3=O)cc2)CCN1CC1CCN(C(=O)Cc2ccc(-c3ccc(NC(=O)C(NCCc4ccc(C#N)cc4)c4ccccc4)nc3)cc2)CC1. The van der Waals surface area contributed by atoms with Gasteiger partial charge in [-0.15, -0.1) is 0 Å². The van der Waals surface area contributed by atoms with Crippen molar-refractivity contribution in [2.45, 2.75) is 63.5 Å². The van der Waals surface area contributed by atoms with E-state index < -0.39 is 6.04 Å². The third-order valence-electron chi connectivity index (χ3n) is 13.0. The van der Waals surface area contributed by atoms with Crippen molar-refractivity contribution in [3.63, 3.8) is 0 Å². The molecule has 3 atom stereocenters. The molecule has 4 heterocycles. The van der Waals surface area contributed by atoms with E-state index in [9.17, 15) is 19.2 Å². The van der Waals surface area contributed by atoms with Gasteiger partial charge >= 0.3 is 0 Å². The molecule has 3 aliphatic heterocycles. The van der Waals surface area contributed by atoms with Crippen LogP contribution in [-0.4, -0.2) is 90.3 Å². The molecule has 8 rings (SSSR count). The average molecular weight is 857 g/mol. The molecular formula is C52H56N8O4. The third-order valence-corrected chi connectivity index (χ3v) is 13.0. The van der Waals surface area contributed by atoms with E-state index in [4.69, 9.17) is 5.26 Å². The van der Waals surface area contributed by atoms with E-state index in [-0.39, 0.29) is 29.5 Å². The number of hydrogen-bond acceptors (Lipinski definition) is 9. The van der Waals surface area contributed by atoms with E-state index >= 15 is 0 Å². The third kappa shape index (κ3) is 11.1. The van der Waals surface area contributed by atoms with Crippen LogP contribution in [0, 0.1) is 17.2 Å². The lowest BCUT2D eigenvalue weighted by atomic mass is 9.90. The van der Waals surface area contributed by atoms with Gasteiger partial charge in [0.05, 0.1) is 24.0 Å². The van der Waals surface area contributed by atoms with Crippen molar-refractivity contribution in [1.82, 2.24) is 25.4 Å². The molecule has 5 aromatic rings. The van der Waals surface area contributed by atoms with E-state index in [1.807, 2.05) is 89.8 Å². The summed E-state index contributed by atoms with van der Waals surface area (Å²) in [5, 5.41) is 17.9. The van der Waals surface area contributed by atoms with Crippen molar-refractivity contribution in [1.29, 1.82) is 5.26 Å². The number of carbonyl (C=O) groups excluding carboxylic acids is 4. The van der Waals surface area contributed by atoms with Crippen LogP contribution in [0.15, 0.2) is 121 Å². The van der Waals surface area contributed by atoms with Gasteiger partial charge in [0.2, 0.25) is 23.6 Å². The van der Waals surface area contributed by atoms with E-state index in [1.54, 1.807) is 24.4 Å². The zero-order valence-electron chi connectivity index (χ0n) is 36.4. The van der Waals surface area contributed by atoms with Crippen LogP contribution < -0.4 is 20.9 Å². The van der Waals surface area contributed by atoms with Crippen LogP contribution in [0.5, 0.6) is 0 Å². The fourth-order valence-electron chi connectivity index (χ4n) is 9.18. The maximum atomic E-state index is 13.5. The van der Waals surface area contributed by atoms with Gasteiger partial charge in [0.25, 0.3) is 0 Å². The summed E-state index contributed by atoms with van der Waals surface area (Å²) in [5.41, 5.74) is 7.54. The van der Waals surface area contributed by atoms with Gasteiger partial charge in [-0.1, -0.05) is 78.9 Å². The minimum Gasteiger partial charge on any atom is -0.369 e. The molecule has 3 aliphatic rings. The lowest BCUT2D eigenvalue weighted by Gasteiger charge is -2.43. The van der Waals surface area contributed by atoms with Crippen molar-refractivity contribution in [2.24, 2.45) is 5.92 Å². The predicted octanol–water partition coefficient (Wildman–Crippen LogP) is 6.64. The van der Waals surface area contributed by atoms with Gasteiger partial charge in [-0.25, -0.2) is 4.98 Å². The molecule has 0 radical (unpaired) electrons. The second-order valence-electron chi connectivity index (χ2n) is 17.4. The fraction of sp³-hybridized carbons (Fsp3) is 0.346. The minimum atomic E-state index is -0.576. The number of pyridine rings is 1. The van der Waals surface area contributed by atoms with Gasteiger partial charge in [0, 0.05) is 75.7 Å². The molecule has 3 N–H and O–H groups in total. The molecule has 0 aliphatic carbocycles. The second-order valence-corrected chi connectivity index (χ2v) is 17.4. The summed E-state index contributed by atoms with van der Waals surface area (Å²) >= 11 is 0. The molecule has 328 valence electrons. The normalized spacial score (nSPS) is 18.8. The van der Waals surface area contributed by atoms with Gasteiger partial charge in [0.1, 0.15) is 11.9 Å². The Hall–Kier alpha value is -6.68. The lowest BCUT2D eigenvalue weighted by molar-refractivity contribution is -0.134.